The van der Waals surface area contributed by atoms with Gasteiger partial charge in [0, 0.05) is 17.3 Å². The highest BCUT2D eigenvalue weighted by molar-refractivity contribution is 6.04. The molecule has 0 bridgehead atoms. The molecule has 0 aromatic heterocycles. The summed E-state index contributed by atoms with van der Waals surface area (Å²) in [4.78, 5) is 25.7. The number of fused-ring (bicyclic) bond motifs is 1. The van der Waals surface area contributed by atoms with Gasteiger partial charge in [-0.15, -0.1) is 0 Å². The van der Waals surface area contributed by atoms with Crippen molar-refractivity contribution >= 4 is 28.5 Å². The Balaban J connectivity index is 1.90. The summed E-state index contributed by atoms with van der Waals surface area (Å²) in [5, 5.41) is 23.4. The van der Waals surface area contributed by atoms with Crippen LogP contribution in [0.15, 0.2) is 36.4 Å². The Labute approximate surface area is 144 Å². The molecule has 2 amide bonds. The summed E-state index contributed by atoms with van der Waals surface area (Å²) in [6, 6.07) is 11.1. The summed E-state index contributed by atoms with van der Waals surface area (Å²) in [6.45, 7) is 0.251. The average Bonchev–Trinajstić information content (AvgIpc) is 3.03. The van der Waals surface area contributed by atoms with Crippen LogP contribution in [0.1, 0.15) is 12.0 Å². The molecule has 1 aliphatic rings. The third-order valence-corrected chi connectivity index (χ3v) is 4.36. The normalized spacial score (nSPS) is 19.5. The number of nitrogens with zero attached hydrogens (tertiary/aromatic N) is 2. The SMILES string of the molecule is COC(=O)C1C(O)CCN1C(=O)Nc1ccc(C#N)c2ccccc12. The third-order valence-electron chi connectivity index (χ3n) is 4.36. The first-order valence-corrected chi connectivity index (χ1v) is 7.82. The van der Waals surface area contributed by atoms with Crippen LogP contribution in [0, 0.1) is 11.3 Å². The Hall–Kier alpha value is -3.11. The van der Waals surface area contributed by atoms with Crippen molar-refractivity contribution in [2.45, 2.75) is 18.6 Å². The molecule has 7 heteroatoms. The van der Waals surface area contributed by atoms with Crippen molar-refractivity contribution < 1.29 is 19.4 Å². The first-order chi connectivity index (χ1) is 12.1. The summed E-state index contributed by atoms with van der Waals surface area (Å²) < 4.78 is 4.68. The van der Waals surface area contributed by atoms with Crippen LogP contribution in [0.3, 0.4) is 0 Å². The van der Waals surface area contributed by atoms with E-state index in [9.17, 15) is 20.0 Å². The summed E-state index contributed by atoms with van der Waals surface area (Å²) in [5.74, 6) is -0.648. The van der Waals surface area contributed by atoms with Gasteiger partial charge in [-0.25, -0.2) is 9.59 Å². The number of hydrogen-bond acceptors (Lipinski definition) is 5. The van der Waals surface area contributed by atoms with Crippen molar-refractivity contribution in [2.75, 3.05) is 19.0 Å². The number of benzene rings is 2. The maximum absolute atomic E-state index is 12.6. The minimum atomic E-state index is -1.02. The lowest BCUT2D eigenvalue weighted by molar-refractivity contribution is -0.147. The van der Waals surface area contributed by atoms with E-state index in [0.29, 0.717) is 17.7 Å². The standard InChI is InChI=1S/C18H17N3O4/c1-25-17(23)16-15(22)8-9-21(16)18(24)20-14-7-6-11(10-19)12-4-2-3-5-13(12)14/h2-7,15-16,22H,8-9H2,1H3,(H,20,24). The minimum absolute atomic E-state index is 0.251. The van der Waals surface area contributed by atoms with E-state index in [4.69, 9.17) is 0 Å². The number of hydrogen-bond donors (Lipinski definition) is 2. The van der Waals surface area contributed by atoms with Gasteiger partial charge in [0.1, 0.15) is 0 Å². The van der Waals surface area contributed by atoms with Gasteiger partial charge in [-0.05, 0) is 18.6 Å². The molecule has 2 N–H and O–H groups in total. The van der Waals surface area contributed by atoms with Gasteiger partial charge < -0.3 is 20.1 Å². The van der Waals surface area contributed by atoms with Crippen LogP contribution in [0.2, 0.25) is 0 Å². The number of aliphatic hydroxyl groups is 1. The fourth-order valence-corrected chi connectivity index (χ4v) is 3.10. The molecule has 2 aromatic rings. The second-order valence-corrected chi connectivity index (χ2v) is 5.77. The zero-order chi connectivity index (χ0) is 18.0. The Kier molecular flexibility index (Phi) is 4.55. The van der Waals surface area contributed by atoms with Gasteiger partial charge in [-0.1, -0.05) is 24.3 Å². The number of amides is 2. The number of likely N-dealkylation sites (tertiary alicyclic amines) is 1. The van der Waals surface area contributed by atoms with Gasteiger partial charge in [-0.2, -0.15) is 5.26 Å². The lowest BCUT2D eigenvalue weighted by Gasteiger charge is -2.24. The summed E-state index contributed by atoms with van der Waals surface area (Å²) >= 11 is 0. The zero-order valence-corrected chi connectivity index (χ0v) is 13.6. The van der Waals surface area contributed by atoms with Gasteiger partial charge in [-0.3, -0.25) is 0 Å². The fourth-order valence-electron chi connectivity index (χ4n) is 3.10. The maximum atomic E-state index is 12.6. The van der Waals surface area contributed by atoms with Crippen LogP contribution in [0.25, 0.3) is 10.8 Å². The van der Waals surface area contributed by atoms with E-state index in [1.807, 2.05) is 18.2 Å². The molecule has 128 valence electrons. The lowest BCUT2D eigenvalue weighted by Crippen LogP contribution is -2.47. The van der Waals surface area contributed by atoms with Gasteiger partial charge in [0.25, 0.3) is 0 Å². The molecule has 1 saturated heterocycles. The number of esters is 1. The second kappa shape index (κ2) is 6.79. The third kappa shape index (κ3) is 2.99. The summed E-state index contributed by atoms with van der Waals surface area (Å²) in [6.07, 6.45) is -0.641. The van der Waals surface area contributed by atoms with Crippen LogP contribution in [-0.2, 0) is 9.53 Å². The molecule has 0 spiro atoms. The Morgan fingerprint density at radius 1 is 1.28 bits per heavy atom. The van der Waals surface area contributed by atoms with Crippen LogP contribution < -0.4 is 5.32 Å². The fraction of sp³-hybridized carbons (Fsp3) is 0.278. The van der Waals surface area contributed by atoms with Gasteiger partial charge in [0.05, 0.1) is 30.5 Å². The van der Waals surface area contributed by atoms with Crippen molar-refractivity contribution in [1.29, 1.82) is 5.26 Å². The minimum Gasteiger partial charge on any atom is -0.467 e. The number of rotatable bonds is 2. The topological polar surface area (TPSA) is 103 Å². The van der Waals surface area contributed by atoms with E-state index < -0.39 is 24.1 Å². The molecule has 2 unspecified atom stereocenters. The van der Waals surface area contributed by atoms with Crippen LogP contribution in [0.5, 0.6) is 0 Å². The molecule has 25 heavy (non-hydrogen) atoms. The van der Waals surface area contributed by atoms with E-state index in [0.717, 1.165) is 10.8 Å². The largest absolute Gasteiger partial charge is 0.467 e. The number of anilines is 1. The highest BCUT2D eigenvalue weighted by atomic mass is 16.5. The monoisotopic (exact) mass is 339 g/mol. The van der Waals surface area contributed by atoms with E-state index in [1.54, 1.807) is 18.2 Å². The van der Waals surface area contributed by atoms with Crippen LogP contribution >= 0.6 is 0 Å². The molecular weight excluding hydrogens is 322 g/mol. The first kappa shape index (κ1) is 16.7. The Morgan fingerprint density at radius 3 is 2.68 bits per heavy atom. The highest BCUT2D eigenvalue weighted by Gasteiger charge is 2.42. The van der Waals surface area contributed by atoms with E-state index in [1.165, 1.54) is 12.0 Å². The maximum Gasteiger partial charge on any atom is 0.331 e. The van der Waals surface area contributed by atoms with E-state index in [2.05, 4.69) is 16.1 Å². The van der Waals surface area contributed by atoms with Crippen LogP contribution in [-0.4, -0.2) is 47.8 Å². The highest BCUT2D eigenvalue weighted by Crippen LogP contribution is 2.28. The molecule has 1 heterocycles. The van der Waals surface area contributed by atoms with E-state index >= 15 is 0 Å². The molecule has 2 aromatic carbocycles. The van der Waals surface area contributed by atoms with Crippen LogP contribution in [0.4, 0.5) is 10.5 Å². The molecular formula is C18H17N3O4. The smallest absolute Gasteiger partial charge is 0.331 e. The predicted octanol–water partition coefficient (Wildman–Crippen LogP) is 1.85. The zero-order valence-electron chi connectivity index (χ0n) is 13.6. The van der Waals surface area contributed by atoms with Crippen molar-refractivity contribution in [3.8, 4) is 6.07 Å². The number of aliphatic hydroxyl groups excluding tert-OH is 1. The summed E-state index contributed by atoms with van der Waals surface area (Å²) in [5.41, 5.74) is 1.04. The number of methoxy groups -OCH3 is 1. The second-order valence-electron chi connectivity index (χ2n) is 5.77. The van der Waals surface area contributed by atoms with E-state index in [-0.39, 0.29) is 6.54 Å². The molecule has 0 radical (unpaired) electrons. The number of nitriles is 1. The number of urea groups is 1. The lowest BCUT2D eigenvalue weighted by atomic mass is 10.0. The van der Waals surface area contributed by atoms with Gasteiger partial charge in [0.2, 0.25) is 0 Å². The molecule has 1 aliphatic heterocycles. The van der Waals surface area contributed by atoms with Crippen molar-refractivity contribution in [1.82, 2.24) is 4.90 Å². The van der Waals surface area contributed by atoms with Gasteiger partial charge in [0.15, 0.2) is 6.04 Å². The number of carbonyl (C=O) groups excluding carboxylic acids is 2. The Bertz CT molecular complexity index is 874. The summed E-state index contributed by atoms with van der Waals surface area (Å²) in [7, 11) is 1.22. The van der Waals surface area contributed by atoms with Crippen molar-refractivity contribution in [3.63, 3.8) is 0 Å². The predicted molar refractivity (Wildman–Crippen MR) is 90.8 cm³/mol. The first-order valence-electron chi connectivity index (χ1n) is 7.82. The molecule has 2 atom stereocenters. The number of carbonyl (C=O) groups is 2. The molecule has 0 aliphatic carbocycles. The molecule has 0 saturated carbocycles. The Morgan fingerprint density at radius 2 is 2.00 bits per heavy atom. The quantitative estimate of drug-likeness (QED) is 0.813. The average molecular weight is 339 g/mol. The van der Waals surface area contributed by atoms with Gasteiger partial charge >= 0.3 is 12.0 Å². The number of ether oxygens (including phenoxy) is 1. The van der Waals surface area contributed by atoms with Crippen molar-refractivity contribution in [3.05, 3.63) is 42.0 Å². The molecule has 3 rings (SSSR count). The molecule has 7 nitrogen and oxygen atoms in total. The number of nitrogens with one attached hydrogen (secondary N) is 1. The molecule has 1 fully saturated rings. The van der Waals surface area contributed by atoms with Crippen molar-refractivity contribution in [2.24, 2.45) is 0 Å².